The number of carboxylic acids is 1. The van der Waals surface area contributed by atoms with Crippen LogP contribution in [0.4, 0.5) is 0 Å². The second kappa shape index (κ2) is 13.3. The highest BCUT2D eigenvalue weighted by Crippen LogP contribution is 2.35. The molecule has 0 amide bonds. The monoisotopic (exact) mass is 591 g/mol. The number of allylic oxidation sites excluding steroid dienone is 2. The van der Waals surface area contributed by atoms with E-state index in [0.29, 0.717) is 16.0 Å². The minimum atomic E-state index is -0.681. The lowest BCUT2D eigenvalue weighted by atomic mass is 9.81. The molecule has 8 nitrogen and oxygen atoms in total. The number of benzene rings is 1. The van der Waals surface area contributed by atoms with E-state index < -0.39 is 5.97 Å². The predicted octanol–water partition coefficient (Wildman–Crippen LogP) is 6.02. The summed E-state index contributed by atoms with van der Waals surface area (Å²) in [6.45, 7) is 6.52. The third kappa shape index (κ3) is 7.33. The van der Waals surface area contributed by atoms with Crippen LogP contribution in [0.25, 0.3) is 0 Å². The van der Waals surface area contributed by atoms with Crippen molar-refractivity contribution in [3.05, 3.63) is 74.0 Å². The molecule has 0 spiro atoms. The van der Waals surface area contributed by atoms with Gasteiger partial charge in [-0.05, 0) is 87.1 Å². The Morgan fingerprint density at radius 3 is 2.50 bits per heavy atom. The summed E-state index contributed by atoms with van der Waals surface area (Å²) in [7, 11) is 1.60. The number of aryl methyl sites for hydroxylation is 1. The van der Waals surface area contributed by atoms with Crippen LogP contribution in [-0.2, 0) is 23.1 Å². The Balaban J connectivity index is 1.40. The molecule has 2 N–H and O–H groups in total. The van der Waals surface area contributed by atoms with Crippen LogP contribution in [0.15, 0.2) is 52.7 Å². The molecule has 2 atom stereocenters. The fraction of sp³-hybridized carbons (Fsp3) is 0.533. The Labute approximate surface area is 245 Å². The normalized spacial score (nSPS) is 22.1. The average molecular weight is 593 g/mol. The first kappa shape index (κ1) is 30.3. The molecule has 2 aromatic rings. The summed E-state index contributed by atoms with van der Waals surface area (Å²) in [6.07, 6.45) is 9.72. The topological polar surface area (TPSA) is 96.9 Å². The van der Waals surface area contributed by atoms with Crippen LogP contribution in [0.3, 0.4) is 0 Å². The molecule has 0 bridgehead atoms. The van der Waals surface area contributed by atoms with E-state index in [1.54, 1.807) is 7.05 Å². The van der Waals surface area contributed by atoms with Crippen molar-refractivity contribution in [3.8, 4) is 5.88 Å². The van der Waals surface area contributed by atoms with Crippen molar-refractivity contribution in [1.82, 2.24) is 14.0 Å². The van der Waals surface area contributed by atoms with Crippen LogP contribution in [0.2, 0.25) is 10.0 Å². The van der Waals surface area contributed by atoms with Crippen molar-refractivity contribution in [2.24, 2.45) is 24.8 Å². The molecule has 1 aromatic heterocycles. The lowest BCUT2D eigenvalue weighted by Crippen LogP contribution is -2.37. The molecule has 1 fully saturated rings. The van der Waals surface area contributed by atoms with Crippen LogP contribution in [0.5, 0.6) is 5.88 Å². The fourth-order valence-corrected chi connectivity index (χ4v) is 6.17. The molecule has 40 heavy (non-hydrogen) atoms. The molecule has 2 unspecified atom stereocenters. The molecule has 218 valence electrons. The Bertz CT molecular complexity index is 1320. The zero-order valence-electron chi connectivity index (χ0n) is 23.4. The summed E-state index contributed by atoms with van der Waals surface area (Å²) in [6, 6.07) is 5.91. The number of rotatable bonds is 11. The van der Waals surface area contributed by atoms with Crippen molar-refractivity contribution in [2.75, 3.05) is 19.7 Å². The molecule has 0 saturated heterocycles. The largest absolute Gasteiger partial charge is 0.493 e. The number of hydrogen-bond acceptors (Lipinski definition) is 5. The van der Waals surface area contributed by atoms with E-state index in [0.717, 1.165) is 62.1 Å². The van der Waals surface area contributed by atoms with Gasteiger partial charge < -0.3 is 14.9 Å². The van der Waals surface area contributed by atoms with Gasteiger partial charge >= 0.3 is 11.7 Å². The number of carbonyl (C=O) groups is 1. The van der Waals surface area contributed by atoms with Gasteiger partial charge in [0.2, 0.25) is 5.88 Å². The van der Waals surface area contributed by atoms with E-state index in [4.69, 9.17) is 27.9 Å². The molecule has 4 rings (SSSR count). The van der Waals surface area contributed by atoms with E-state index in [-0.39, 0.29) is 42.6 Å². The predicted molar refractivity (Wildman–Crippen MR) is 157 cm³/mol. The van der Waals surface area contributed by atoms with Crippen molar-refractivity contribution in [3.63, 3.8) is 0 Å². The molecule has 0 radical (unpaired) electrons. The minimum Gasteiger partial charge on any atom is -0.493 e. The lowest BCUT2D eigenvalue weighted by molar-refractivity contribution is -0.143. The van der Waals surface area contributed by atoms with Gasteiger partial charge in [-0.1, -0.05) is 35.3 Å². The summed E-state index contributed by atoms with van der Waals surface area (Å²) in [4.78, 5) is 26.0. The second-order valence-corrected chi connectivity index (χ2v) is 12.0. The SMILES string of the molecule is CC1=C(OCCn2c(O)cn(C)c2=O)C=CC(CN(CC2CCC(C(=O)O)CC2)C(C)c2ccc(Cl)c(Cl)c2)C1. The van der Waals surface area contributed by atoms with E-state index >= 15 is 0 Å². The molecule has 0 aliphatic heterocycles. The standard InChI is InChI=1S/C30H39Cl2N3O5/c1-19-14-22(6-11-27(19)40-13-12-35-28(36)18-33(3)30(35)39)17-34(16-21-4-7-23(8-5-21)29(37)38)20(2)24-9-10-25(31)26(32)15-24/h6,9-11,15,18,20-23,36H,4-5,7-8,12-14,16-17H2,1-3H3,(H,37,38). The number of imidazole rings is 1. The van der Waals surface area contributed by atoms with Crippen molar-refractivity contribution >= 4 is 29.2 Å². The number of aliphatic carboxylic acids is 1. The maximum atomic E-state index is 12.1. The summed E-state index contributed by atoms with van der Waals surface area (Å²) in [5.74, 6) is 0.550. The van der Waals surface area contributed by atoms with Gasteiger partial charge in [0.05, 0.1) is 28.7 Å². The van der Waals surface area contributed by atoms with E-state index in [2.05, 4.69) is 24.8 Å². The number of carboxylic acid groups (broad SMARTS) is 1. The van der Waals surface area contributed by atoms with E-state index in [9.17, 15) is 19.8 Å². The Morgan fingerprint density at radius 1 is 1.18 bits per heavy atom. The smallest absolute Gasteiger partial charge is 0.330 e. The van der Waals surface area contributed by atoms with Crippen LogP contribution in [0, 0.1) is 17.8 Å². The summed E-state index contributed by atoms with van der Waals surface area (Å²) >= 11 is 12.5. The van der Waals surface area contributed by atoms with Gasteiger partial charge in [0, 0.05) is 26.2 Å². The van der Waals surface area contributed by atoms with Crippen molar-refractivity contribution in [2.45, 2.75) is 58.5 Å². The molecular formula is C30H39Cl2N3O5. The van der Waals surface area contributed by atoms with Gasteiger partial charge in [-0.2, -0.15) is 0 Å². The second-order valence-electron chi connectivity index (χ2n) is 11.2. The molecule has 1 heterocycles. The Kier molecular flexibility index (Phi) is 10.1. The van der Waals surface area contributed by atoms with Gasteiger partial charge in [0.25, 0.3) is 0 Å². The van der Waals surface area contributed by atoms with Gasteiger partial charge in [-0.25, -0.2) is 4.79 Å². The van der Waals surface area contributed by atoms with Crippen molar-refractivity contribution in [1.29, 1.82) is 0 Å². The molecule has 1 aromatic carbocycles. The van der Waals surface area contributed by atoms with Gasteiger partial charge in [-0.15, -0.1) is 0 Å². The van der Waals surface area contributed by atoms with Crippen LogP contribution < -0.4 is 5.69 Å². The van der Waals surface area contributed by atoms with E-state index in [1.807, 2.05) is 24.3 Å². The first-order chi connectivity index (χ1) is 19.0. The molecule has 1 saturated carbocycles. The molecular weight excluding hydrogens is 553 g/mol. The highest BCUT2D eigenvalue weighted by atomic mass is 35.5. The number of nitrogens with zero attached hydrogens (tertiary/aromatic N) is 3. The van der Waals surface area contributed by atoms with Gasteiger partial charge in [-0.3, -0.25) is 18.8 Å². The summed E-state index contributed by atoms with van der Waals surface area (Å²) < 4.78 is 8.62. The molecule has 2 aliphatic carbocycles. The van der Waals surface area contributed by atoms with Crippen LogP contribution in [0.1, 0.15) is 57.6 Å². The number of aromatic nitrogens is 2. The highest BCUT2D eigenvalue weighted by Gasteiger charge is 2.30. The third-order valence-electron chi connectivity index (χ3n) is 8.33. The van der Waals surface area contributed by atoms with Gasteiger partial charge in [0.15, 0.2) is 0 Å². The Morgan fingerprint density at radius 2 is 1.90 bits per heavy atom. The van der Waals surface area contributed by atoms with Crippen LogP contribution >= 0.6 is 23.2 Å². The summed E-state index contributed by atoms with van der Waals surface area (Å²) in [5, 5.41) is 20.4. The number of halogens is 2. The quantitative estimate of drug-likeness (QED) is 0.331. The number of aromatic hydroxyl groups is 1. The van der Waals surface area contributed by atoms with Crippen LogP contribution in [-0.4, -0.2) is 49.9 Å². The van der Waals surface area contributed by atoms with Crippen molar-refractivity contribution < 1.29 is 19.7 Å². The first-order valence-corrected chi connectivity index (χ1v) is 14.7. The highest BCUT2D eigenvalue weighted by molar-refractivity contribution is 6.42. The first-order valence-electron chi connectivity index (χ1n) is 13.9. The number of hydrogen-bond donors (Lipinski definition) is 2. The number of ether oxygens (including phenoxy) is 1. The molecule has 10 heteroatoms. The maximum Gasteiger partial charge on any atom is 0.330 e. The van der Waals surface area contributed by atoms with Gasteiger partial charge in [0.1, 0.15) is 12.4 Å². The zero-order valence-corrected chi connectivity index (χ0v) is 24.9. The maximum absolute atomic E-state index is 12.1. The fourth-order valence-electron chi connectivity index (χ4n) is 5.87. The summed E-state index contributed by atoms with van der Waals surface area (Å²) in [5.41, 5.74) is 1.96. The minimum absolute atomic E-state index is 0.0753. The average Bonchev–Trinajstić information content (AvgIpc) is 3.16. The zero-order chi connectivity index (χ0) is 29.0. The molecule has 2 aliphatic rings. The lowest BCUT2D eigenvalue weighted by Gasteiger charge is -2.37. The third-order valence-corrected chi connectivity index (χ3v) is 9.07. The van der Waals surface area contributed by atoms with E-state index in [1.165, 1.54) is 15.3 Å². The Hall–Kier alpha value is -2.68.